The smallest absolute Gasteiger partial charge is 0.346 e. The van der Waals surface area contributed by atoms with Crippen molar-refractivity contribution in [2.75, 3.05) is 10.8 Å². The molecule has 0 unspecified atom stereocenters. The van der Waals surface area contributed by atoms with Gasteiger partial charge in [-0.05, 0) is 91.2 Å². The molecule has 2 aromatic carbocycles. The Kier molecular flexibility index (Phi) is 8.45. The number of amides is 1. The minimum atomic E-state index is -4.06. The highest BCUT2D eigenvalue weighted by Crippen LogP contribution is 2.37. The number of aryl methyl sites for hydroxylation is 1. The molecule has 1 aliphatic rings. The van der Waals surface area contributed by atoms with Gasteiger partial charge in [-0.3, -0.25) is 9.10 Å². The van der Waals surface area contributed by atoms with Crippen molar-refractivity contribution in [1.82, 2.24) is 4.90 Å². The van der Waals surface area contributed by atoms with Gasteiger partial charge in [-0.1, -0.05) is 24.9 Å². The van der Waals surface area contributed by atoms with E-state index in [2.05, 4.69) is 0 Å². The highest BCUT2D eigenvalue weighted by Gasteiger charge is 2.35. The number of carboxylic acid groups (broad SMARTS) is 1. The first-order valence-corrected chi connectivity index (χ1v) is 16.2. The third kappa shape index (κ3) is 6.00. The SMILES string of the molecule is CCCc1c(C(=O)O)sc2ccc(S(=O)(=O)N(CC)c3ccc(Cl)cc3CN(Cc3ccco3)C(=O)C3CC3)cc12. The quantitative estimate of drug-likeness (QED) is 0.185. The van der Waals surface area contributed by atoms with Gasteiger partial charge in [-0.15, -0.1) is 11.3 Å². The Hall–Kier alpha value is -3.34. The van der Waals surface area contributed by atoms with Crippen LogP contribution in [0.2, 0.25) is 5.02 Å². The minimum Gasteiger partial charge on any atom is -0.477 e. The Morgan fingerprint density at radius 1 is 1.10 bits per heavy atom. The van der Waals surface area contributed by atoms with Crippen molar-refractivity contribution in [3.8, 4) is 0 Å². The number of fused-ring (bicyclic) bond motifs is 1. The molecule has 1 amide bonds. The second-order valence-electron chi connectivity index (χ2n) is 10.1. The summed E-state index contributed by atoms with van der Waals surface area (Å²) in [7, 11) is -4.06. The summed E-state index contributed by atoms with van der Waals surface area (Å²) in [4.78, 5) is 27.1. The van der Waals surface area contributed by atoms with Crippen molar-refractivity contribution in [2.24, 2.45) is 5.92 Å². The number of benzene rings is 2. The Bertz CT molecular complexity index is 1690. The number of aromatic carboxylic acids is 1. The Balaban J connectivity index is 1.54. The number of hydrogen-bond donors (Lipinski definition) is 1. The van der Waals surface area contributed by atoms with Gasteiger partial charge >= 0.3 is 5.97 Å². The number of thiophene rings is 1. The maximum atomic E-state index is 14.1. The first-order valence-electron chi connectivity index (χ1n) is 13.5. The predicted molar refractivity (Wildman–Crippen MR) is 160 cm³/mol. The summed E-state index contributed by atoms with van der Waals surface area (Å²) in [6, 6.07) is 13.3. The Morgan fingerprint density at radius 3 is 2.51 bits per heavy atom. The van der Waals surface area contributed by atoms with Crippen LogP contribution in [0.4, 0.5) is 5.69 Å². The summed E-state index contributed by atoms with van der Waals surface area (Å²) < 4.78 is 35.8. The van der Waals surface area contributed by atoms with E-state index in [1.54, 1.807) is 60.6 Å². The highest BCUT2D eigenvalue weighted by molar-refractivity contribution is 7.92. The zero-order chi connectivity index (χ0) is 29.3. The molecule has 1 N–H and O–H groups in total. The molecule has 11 heteroatoms. The van der Waals surface area contributed by atoms with E-state index in [1.807, 2.05) is 6.92 Å². The molecular weight excluding hydrogens is 584 g/mol. The van der Waals surface area contributed by atoms with Gasteiger partial charge in [0.15, 0.2) is 0 Å². The fourth-order valence-corrected chi connectivity index (χ4v) is 7.88. The third-order valence-corrected chi connectivity index (χ3v) is 10.5. The summed E-state index contributed by atoms with van der Waals surface area (Å²) in [5.41, 5.74) is 1.68. The summed E-state index contributed by atoms with van der Waals surface area (Å²) in [5.74, 6) is -0.419. The number of carbonyl (C=O) groups is 2. The molecule has 1 aliphatic carbocycles. The second-order valence-corrected chi connectivity index (χ2v) is 13.5. The van der Waals surface area contributed by atoms with Gasteiger partial charge in [0.2, 0.25) is 5.91 Å². The van der Waals surface area contributed by atoms with Crippen LogP contribution >= 0.6 is 22.9 Å². The van der Waals surface area contributed by atoms with Crippen molar-refractivity contribution in [3.05, 3.63) is 81.6 Å². The molecule has 0 spiro atoms. The molecule has 0 atom stereocenters. The van der Waals surface area contributed by atoms with E-state index in [0.717, 1.165) is 35.3 Å². The van der Waals surface area contributed by atoms with E-state index >= 15 is 0 Å². The van der Waals surface area contributed by atoms with Crippen molar-refractivity contribution in [3.63, 3.8) is 0 Å². The summed E-state index contributed by atoms with van der Waals surface area (Å²) in [5, 5.41) is 10.8. The molecule has 1 fully saturated rings. The van der Waals surface area contributed by atoms with Crippen LogP contribution in [-0.4, -0.2) is 36.8 Å². The van der Waals surface area contributed by atoms with Gasteiger partial charge in [0, 0.05) is 28.7 Å². The first kappa shape index (κ1) is 29.2. The average Bonchev–Trinajstić information content (AvgIpc) is 3.54. The number of hydrogen-bond acceptors (Lipinski definition) is 6. The normalized spacial score (nSPS) is 13.4. The van der Waals surface area contributed by atoms with E-state index in [1.165, 1.54) is 10.4 Å². The van der Waals surface area contributed by atoms with Crippen LogP contribution in [0.5, 0.6) is 0 Å². The zero-order valence-corrected chi connectivity index (χ0v) is 25.2. The Morgan fingerprint density at radius 2 is 1.88 bits per heavy atom. The monoisotopic (exact) mass is 614 g/mol. The molecule has 4 aromatic rings. The van der Waals surface area contributed by atoms with Crippen molar-refractivity contribution in [1.29, 1.82) is 0 Å². The van der Waals surface area contributed by atoms with E-state index in [4.69, 9.17) is 16.0 Å². The van der Waals surface area contributed by atoms with E-state index in [0.29, 0.717) is 39.4 Å². The van der Waals surface area contributed by atoms with E-state index < -0.39 is 16.0 Å². The molecule has 0 aliphatic heterocycles. The first-order chi connectivity index (χ1) is 19.6. The molecule has 8 nitrogen and oxygen atoms in total. The molecular formula is C30H31ClN2O6S2. The third-order valence-electron chi connectivity index (χ3n) is 7.17. The van der Waals surface area contributed by atoms with Gasteiger partial charge in [-0.25, -0.2) is 13.2 Å². The van der Waals surface area contributed by atoms with Crippen molar-refractivity contribution < 1.29 is 27.5 Å². The van der Waals surface area contributed by atoms with Crippen LogP contribution < -0.4 is 4.31 Å². The van der Waals surface area contributed by atoms with Crippen LogP contribution in [0.1, 0.15) is 59.7 Å². The number of carbonyl (C=O) groups excluding carboxylic acids is 1. The fourth-order valence-electron chi connectivity index (χ4n) is 5.08. The summed E-state index contributed by atoms with van der Waals surface area (Å²) >= 11 is 7.54. The number of anilines is 1. The minimum absolute atomic E-state index is 0.00108. The largest absolute Gasteiger partial charge is 0.477 e. The van der Waals surface area contributed by atoms with Gasteiger partial charge < -0.3 is 14.4 Å². The van der Waals surface area contributed by atoms with Crippen LogP contribution in [0, 0.1) is 5.92 Å². The van der Waals surface area contributed by atoms with Gasteiger partial charge in [0.05, 0.1) is 23.4 Å². The highest BCUT2D eigenvalue weighted by atomic mass is 35.5. The van der Waals surface area contributed by atoms with Gasteiger partial charge in [0.25, 0.3) is 10.0 Å². The van der Waals surface area contributed by atoms with Gasteiger partial charge in [0.1, 0.15) is 10.6 Å². The van der Waals surface area contributed by atoms with Gasteiger partial charge in [-0.2, -0.15) is 0 Å². The molecule has 1 saturated carbocycles. The van der Waals surface area contributed by atoms with E-state index in [9.17, 15) is 23.1 Å². The fraction of sp³-hybridized carbons (Fsp3) is 0.333. The maximum Gasteiger partial charge on any atom is 0.346 e. The molecule has 0 saturated heterocycles. The van der Waals surface area contributed by atoms with Crippen LogP contribution in [-0.2, 0) is 34.3 Å². The molecule has 2 aromatic heterocycles. The molecule has 5 rings (SSSR count). The lowest BCUT2D eigenvalue weighted by molar-refractivity contribution is -0.134. The molecule has 2 heterocycles. The predicted octanol–water partition coefficient (Wildman–Crippen LogP) is 6.95. The van der Waals surface area contributed by atoms with E-state index in [-0.39, 0.29) is 41.2 Å². The molecule has 41 heavy (non-hydrogen) atoms. The lowest BCUT2D eigenvalue weighted by Gasteiger charge is -2.28. The number of nitrogens with zero attached hydrogens (tertiary/aromatic N) is 2. The van der Waals surface area contributed by atoms with Crippen LogP contribution in [0.3, 0.4) is 0 Å². The van der Waals surface area contributed by atoms with Crippen molar-refractivity contribution >= 4 is 60.6 Å². The zero-order valence-electron chi connectivity index (χ0n) is 22.8. The second kappa shape index (κ2) is 11.9. The lowest BCUT2D eigenvalue weighted by atomic mass is 10.1. The summed E-state index contributed by atoms with van der Waals surface area (Å²) in [6.07, 6.45) is 4.48. The molecule has 216 valence electrons. The Labute approximate surface area is 248 Å². The number of rotatable bonds is 12. The summed E-state index contributed by atoms with van der Waals surface area (Å²) in [6.45, 7) is 4.26. The number of sulfonamides is 1. The number of carboxylic acids is 1. The average molecular weight is 615 g/mol. The maximum absolute atomic E-state index is 14.1. The van der Waals surface area contributed by atoms with Crippen molar-refractivity contribution in [2.45, 2.75) is 57.5 Å². The van der Waals surface area contributed by atoms with Crippen LogP contribution in [0.25, 0.3) is 10.1 Å². The van der Waals surface area contributed by atoms with Crippen LogP contribution in [0.15, 0.2) is 64.1 Å². The molecule has 0 bridgehead atoms. The standard InChI is InChI=1S/C30H31ClN2O6S2/c1-3-6-24-25-16-23(11-13-27(25)40-28(24)30(35)36)41(37,38)33(4-2)26-12-10-21(31)15-20(26)17-32(29(34)19-8-9-19)18-22-7-5-14-39-22/h5,7,10-16,19H,3-4,6,8-9,17-18H2,1-2H3,(H,35,36). The molecule has 0 radical (unpaired) electrons. The number of halogens is 1. The number of furan rings is 1. The topological polar surface area (TPSA) is 108 Å². The lowest BCUT2D eigenvalue weighted by Crippen LogP contribution is -2.34.